The van der Waals surface area contributed by atoms with Gasteiger partial charge >= 0.3 is 33.0 Å². The molecule has 1 atom stereocenters. The van der Waals surface area contributed by atoms with Crippen LogP contribution in [0.3, 0.4) is 0 Å². The van der Waals surface area contributed by atoms with Gasteiger partial charge in [0.25, 0.3) is 0 Å². The van der Waals surface area contributed by atoms with Crippen LogP contribution < -0.4 is 0 Å². The molecule has 11 heteroatoms. The minimum atomic E-state index is -6.46. The predicted molar refractivity (Wildman–Crippen MR) is 35.6 cm³/mol. The number of alkyl halides is 3. The maximum Gasteiger partial charge on any atom is 0.403 e. The van der Waals surface area contributed by atoms with E-state index in [1.54, 1.807) is 0 Å². The largest absolute Gasteiger partial charge is 0.478 e. The highest BCUT2D eigenvalue weighted by atomic mass is 32.2. The summed E-state index contributed by atoms with van der Waals surface area (Å²) in [5.74, 6) is -12.5. The van der Waals surface area contributed by atoms with E-state index in [1.807, 2.05) is 0 Å². The van der Waals surface area contributed by atoms with E-state index >= 15 is 0 Å². The summed E-state index contributed by atoms with van der Waals surface area (Å²) in [6.07, 6.45) is 0. The molecule has 7 nitrogen and oxygen atoms in total. The summed E-state index contributed by atoms with van der Waals surface area (Å²) in [5.41, 5.74) is 0. The molecule has 0 aliphatic heterocycles. The van der Waals surface area contributed by atoms with E-state index < -0.39 is 33.0 Å². The van der Waals surface area contributed by atoms with Crippen LogP contribution in [0, 0.1) is 0 Å². The fourth-order valence-electron chi connectivity index (χ4n) is 0.544. The summed E-state index contributed by atoms with van der Waals surface area (Å²) in [6, 6.07) is 0. The Hall–Kier alpha value is -1.36. The summed E-state index contributed by atoms with van der Waals surface area (Å²) < 4.78 is 65.9. The number of hydrogen-bond donors (Lipinski definition) is 3. The molecule has 0 amide bonds. The maximum atomic E-state index is 12.9. The van der Waals surface area contributed by atoms with Gasteiger partial charge in [-0.05, 0) is 0 Å². The van der Waals surface area contributed by atoms with Crippen molar-refractivity contribution in [1.29, 1.82) is 0 Å². The van der Waals surface area contributed by atoms with Gasteiger partial charge in [-0.2, -0.15) is 17.2 Å². The fraction of sp³-hybridized carbons (Fsp3) is 0.500. The van der Waals surface area contributed by atoms with E-state index in [1.165, 1.54) is 0 Å². The van der Waals surface area contributed by atoms with E-state index in [2.05, 4.69) is 0 Å². The Morgan fingerprint density at radius 2 is 1.33 bits per heavy atom. The van der Waals surface area contributed by atoms with Gasteiger partial charge in [-0.15, -0.1) is 0 Å². The maximum absolute atomic E-state index is 12.9. The van der Waals surface area contributed by atoms with Crippen molar-refractivity contribution in [1.82, 2.24) is 0 Å². The molecule has 0 saturated heterocycles. The average molecular weight is 252 g/mol. The summed E-state index contributed by atoms with van der Waals surface area (Å²) >= 11 is 0. The number of halogens is 3. The Balaban J connectivity index is 5.97. The van der Waals surface area contributed by atoms with Gasteiger partial charge in [0, 0.05) is 0 Å². The Bertz CT molecular complexity index is 400. The van der Waals surface area contributed by atoms with Gasteiger partial charge in [0.2, 0.25) is 0 Å². The van der Waals surface area contributed by atoms with Crippen molar-refractivity contribution in [2.24, 2.45) is 0 Å². The molecule has 15 heavy (non-hydrogen) atoms. The number of hydrogen-bond acceptors (Lipinski definition) is 4. The van der Waals surface area contributed by atoms with Crippen molar-refractivity contribution in [3.8, 4) is 0 Å². The molecule has 1 unspecified atom stereocenters. The quantitative estimate of drug-likeness (QED) is 0.566. The third-order valence-electron chi connectivity index (χ3n) is 1.30. The molecule has 0 aliphatic rings. The van der Waals surface area contributed by atoms with Gasteiger partial charge in [0.1, 0.15) is 0 Å². The van der Waals surface area contributed by atoms with Crippen LogP contribution in [0.25, 0.3) is 0 Å². The number of rotatable bonds is 4. The first-order valence-electron chi connectivity index (χ1n) is 2.89. The first kappa shape index (κ1) is 13.6. The van der Waals surface area contributed by atoms with Gasteiger partial charge in [0.05, 0.1) is 0 Å². The highest BCUT2D eigenvalue weighted by molar-refractivity contribution is 7.88. The van der Waals surface area contributed by atoms with Gasteiger partial charge < -0.3 is 10.2 Å². The van der Waals surface area contributed by atoms with Crippen LogP contribution in [0.15, 0.2) is 0 Å². The Morgan fingerprint density at radius 3 is 1.40 bits per heavy atom. The lowest BCUT2D eigenvalue weighted by molar-refractivity contribution is -0.190. The monoisotopic (exact) mass is 252 g/mol. The lowest BCUT2D eigenvalue weighted by Crippen LogP contribution is -2.59. The molecule has 0 aromatic rings. The number of carboxylic acids is 2. The van der Waals surface area contributed by atoms with Crippen molar-refractivity contribution >= 4 is 22.1 Å². The lowest BCUT2D eigenvalue weighted by Gasteiger charge is -2.22. The Kier molecular flexibility index (Phi) is 3.04. The van der Waals surface area contributed by atoms with Crippen LogP contribution in [-0.2, 0) is 19.7 Å². The molecule has 3 N–H and O–H groups in total. The number of aliphatic carboxylic acids is 2. The van der Waals surface area contributed by atoms with Gasteiger partial charge in [0.15, 0.2) is 0 Å². The van der Waals surface area contributed by atoms with Gasteiger partial charge in [-0.25, -0.2) is 14.0 Å². The third kappa shape index (κ3) is 1.74. The smallest absolute Gasteiger partial charge is 0.403 e. The molecular weight excluding hydrogens is 249 g/mol. The second-order valence-electron chi connectivity index (χ2n) is 2.26. The van der Waals surface area contributed by atoms with Crippen molar-refractivity contribution in [2.75, 3.05) is 0 Å². The van der Waals surface area contributed by atoms with E-state index in [0.717, 1.165) is 0 Å². The van der Waals surface area contributed by atoms with Crippen LogP contribution in [0.2, 0.25) is 0 Å². The van der Waals surface area contributed by atoms with E-state index in [0.29, 0.717) is 0 Å². The Morgan fingerprint density at radius 1 is 1.00 bits per heavy atom. The first-order valence-corrected chi connectivity index (χ1v) is 4.33. The minimum Gasteiger partial charge on any atom is -0.478 e. The number of carbonyl (C=O) groups is 2. The first-order chi connectivity index (χ1) is 6.39. The van der Waals surface area contributed by atoms with Crippen molar-refractivity contribution in [3.05, 3.63) is 0 Å². The average Bonchev–Trinajstić information content (AvgIpc) is 1.99. The zero-order valence-corrected chi connectivity index (χ0v) is 7.33. The van der Waals surface area contributed by atoms with E-state index in [4.69, 9.17) is 14.8 Å². The molecule has 0 heterocycles. The molecule has 0 fully saturated rings. The minimum absolute atomic E-state index is 3.34. The summed E-state index contributed by atoms with van der Waals surface area (Å²) in [5, 5.41) is 10.0. The zero-order chi connectivity index (χ0) is 12.7. The standard InChI is InChI=1S/C4H3F3O7S/c5-3(6,1(8)9)4(7,2(10)11)15(12,13)14/h(H,8,9)(H,10,11)(H,12,13,14). The van der Waals surface area contributed by atoms with Crippen LogP contribution >= 0.6 is 0 Å². The zero-order valence-electron chi connectivity index (χ0n) is 6.52. The second kappa shape index (κ2) is 3.34. The molecule has 0 aliphatic carbocycles. The SMILES string of the molecule is O=C(O)C(F)(F)C(F)(C(=O)O)S(=O)(=O)O. The van der Waals surface area contributed by atoms with Crippen LogP contribution in [0.5, 0.6) is 0 Å². The predicted octanol–water partition coefficient (Wildman–Crippen LogP) is -0.655. The molecule has 0 bridgehead atoms. The molecule has 88 valence electrons. The normalized spacial score (nSPS) is 16.8. The molecule has 0 aromatic carbocycles. The van der Waals surface area contributed by atoms with Gasteiger partial charge in [-0.1, -0.05) is 0 Å². The summed E-state index contributed by atoms with van der Waals surface area (Å²) in [6.45, 7) is 0. The van der Waals surface area contributed by atoms with Crippen LogP contribution in [-0.4, -0.2) is 46.0 Å². The topological polar surface area (TPSA) is 129 Å². The van der Waals surface area contributed by atoms with Gasteiger partial charge in [-0.3, -0.25) is 4.55 Å². The molecule has 0 radical (unpaired) electrons. The summed E-state index contributed by atoms with van der Waals surface area (Å²) in [4.78, 5) is 19.8. The fourth-order valence-corrected chi connectivity index (χ4v) is 1.18. The van der Waals surface area contributed by atoms with Crippen molar-refractivity contribution < 1.29 is 45.9 Å². The Labute approximate surface area is 79.9 Å². The second-order valence-corrected chi connectivity index (χ2v) is 3.77. The van der Waals surface area contributed by atoms with Crippen LogP contribution in [0.4, 0.5) is 13.2 Å². The molecule has 0 rings (SSSR count). The molecule has 0 saturated carbocycles. The highest BCUT2D eigenvalue weighted by Crippen LogP contribution is 2.37. The van der Waals surface area contributed by atoms with E-state index in [-0.39, 0.29) is 0 Å². The molecule has 0 spiro atoms. The molecular formula is C4H3F3O7S. The molecule has 0 aromatic heterocycles. The van der Waals surface area contributed by atoms with E-state index in [9.17, 15) is 31.2 Å². The third-order valence-corrected chi connectivity index (χ3v) is 2.44. The summed E-state index contributed by atoms with van der Waals surface area (Å²) in [7, 11) is -6.46. The number of carboxylic acid groups (broad SMARTS) is 2. The van der Waals surface area contributed by atoms with Crippen LogP contribution in [0.1, 0.15) is 0 Å². The highest BCUT2D eigenvalue weighted by Gasteiger charge is 2.74. The van der Waals surface area contributed by atoms with Crippen molar-refractivity contribution in [3.63, 3.8) is 0 Å². The van der Waals surface area contributed by atoms with Crippen molar-refractivity contribution in [2.45, 2.75) is 10.9 Å². The lowest BCUT2D eigenvalue weighted by atomic mass is 10.2.